The Morgan fingerprint density at radius 1 is 1.33 bits per heavy atom. The Balaban J connectivity index is 1.87. The van der Waals surface area contributed by atoms with E-state index in [0.29, 0.717) is 6.54 Å². The Hall–Kier alpha value is -1.20. The number of rotatable bonds is 3. The topological polar surface area (TPSA) is 47.4 Å². The van der Waals surface area contributed by atoms with Crippen LogP contribution in [-0.4, -0.2) is 47.3 Å². The van der Waals surface area contributed by atoms with Gasteiger partial charge in [-0.3, -0.25) is 14.3 Å². The van der Waals surface area contributed by atoms with E-state index in [4.69, 9.17) is 4.74 Å². The van der Waals surface area contributed by atoms with Crippen LogP contribution in [0, 0.1) is 0 Å². The fraction of sp³-hybridized carbons (Fsp3) is 0.600. The molecule has 0 bridgehead atoms. The van der Waals surface area contributed by atoms with Crippen molar-refractivity contribution >= 4 is 0 Å². The number of nitrogens with zero attached hydrogens (tertiary/aromatic N) is 3. The van der Waals surface area contributed by atoms with Gasteiger partial charge in [-0.2, -0.15) is 0 Å². The monoisotopic (exact) mass is 209 g/mol. The summed E-state index contributed by atoms with van der Waals surface area (Å²) in [5.41, 5.74) is 0.0123. The molecule has 15 heavy (non-hydrogen) atoms. The van der Waals surface area contributed by atoms with Crippen molar-refractivity contribution in [3.63, 3.8) is 0 Å². The van der Waals surface area contributed by atoms with E-state index in [9.17, 15) is 4.79 Å². The molecule has 1 saturated heterocycles. The third kappa shape index (κ3) is 2.87. The first-order valence-electron chi connectivity index (χ1n) is 5.17. The number of hydrogen-bond acceptors (Lipinski definition) is 4. The number of ether oxygens (including phenoxy) is 1. The van der Waals surface area contributed by atoms with Gasteiger partial charge in [-0.05, 0) is 0 Å². The van der Waals surface area contributed by atoms with Gasteiger partial charge in [0.25, 0.3) is 5.56 Å². The molecule has 1 aliphatic rings. The van der Waals surface area contributed by atoms with Crippen LogP contribution < -0.4 is 5.56 Å². The maximum absolute atomic E-state index is 11.4. The largest absolute Gasteiger partial charge is 0.379 e. The van der Waals surface area contributed by atoms with Gasteiger partial charge in [-0.25, -0.2) is 4.98 Å². The van der Waals surface area contributed by atoms with Gasteiger partial charge in [-0.15, -0.1) is 0 Å². The Morgan fingerprint density at radius 2 is 2.13 bits per heavy atom. The van der Waals surface area contributed by atoms with Crippen LogP contribution >= 0.6 is 0 Å². The van der Waals surface area contributed by atoms with Gasteiger partial charge in [0.05, 0.1) is 19.5 Å². The predicted octanol–water partition coefficient (Wildman–Crippen LogP) is -0.424. The molecule has 1 aromatic heterocycles. The van der Waals surface area contributed by atoms with Crippen molar-refractivity contribution in [2.45, 2.75) is 6.54 Å². The molecule has 2 rings (SSSR count). The Bertz CT molecular complexity index is 358. The molecule has 2 heterocycles. The summed E-state index contributed by atoms with van der Waals surface area (Å²) in [6.07, 6.45) is 3.11. The molecule has 5 heteroatoms. The van der Waals surface area contributed by atoms with Gasteiger partial charge in [-0.1, -0.05) is 0 Å². The number of morpholine rings is 1. The highest BCUT2D eigenvalue weighted by Gasteiger charge is 2.09. The molecule has 82 valence electrons. The van der Waals surface area contributed by atoms with E-state index in [1.165, 1.54) is 12.3 Å². The van der Waals surface area contributed by atoms with Crippen molar-refractivity contribution < 1.29 is 4.74 Å². The first-order valence-corrected chi connectivity index (χ1v) is 5.17. The maximum atomic E-state index is 11.4. The van der Waals surface area contributed by atoms with E-state index in [-0.39, 0.29) is 5.56 Å². The molecule has 1 aliphatic heterocycles. The molecule has 5 nitrogen and oxygen atoms in total. The summed E-state index contributed by atoms with van der Waals surface area (Å²) in [6, 6.07) is 1.49. The normalized spacial score (nSPS) is 17.9. The van der Waals surface area contributed by atoms with E-state index in [0.717, 1.165) is 32.8 Å². The Morgan fingerprint density at radius 3 is 2.87 bits per heavy atom. The first kappa shape index (κ1) is 10.3. The molecule has 0 unspecified atom stereocenters. The summed E-state index contributed by atoms with van der Waals surface area (Å²) >= 11 is 0. The molecule has 0 spiro atoms. The van der Waals surface area contributed by atoms with Crippen LogP contribution in [0.5, 0.6) is 0 Å². The minimum absolute atomic E-state index is 0.0123. The second kappa shape index (κ2) is 5.04. The van der Waals surface area contributed by atoms with E-state index in [1.807, 2.05) is 0 Å². The van der Waals surface area contributed by atoms with Crippen molar-refractivity contribution in [3.8, 4) is 0 Å². The number of hydrogen-bond donors (Lipinski definition) is 0. The molecule has 0 radical (unpaired) electrons. The van der Waals surface area contributed by atoms with Crippen molar-refractivity contribution in [1.82, 2.24) is 14.5 Å². The lowest BCUT2D eigenvalue weighted by molar-refractivity contribution is 0.0362. The molecule has 1 aromatic rings. The van der Waals surface area contributed by atoms with E-state index >= 15 is 0 Å². The SMILES string of the molecule is O=c1ccncn1CCN1CCOCC1. The van der Waals surface area contributed by atoms with Crippen LogP contribution in [0.15, 0.2) is 23.4 Å². The number of aromatic nitrogens is 2. The lowest BCUT2D eigenvalue weighted by atomic mass is 10.4. The molecule has 0 aromatic carbocycles. The lowest BCUT2D eigenvalue weighted by Crippen LogP contribution is -2.39. The molecule has 0 aliphatic carbocycles. The van der Waals surface area contributed by atoms with Crippen LogP contribution in [0.1, 0.15) is 0 Å². The summed E-state index contributed by atoms with van der Waals surface area (Å²) < 4.78 is 6.89. The van der Waals surface area contributed by atoms with Crippen molar-refractivity contribution in [3.05, 3.63) is 28.9 Å². The second-order valence-corrected chi connectivity index (χ2v) is 3.57. The average Bonchev–Trinajstić information content (AvgIpc) is 2.29. The van der Waals surface area contributed by atoms with Crippen LogP contribution in [-0.2, 0) is 11.3 Å². The molecular formula is C10H15N3O2. The summed E-state index contributed by atoms with van der Waals surface area (Å²) in [5, 5.41) is 0. The Kier molecular flexibility index (Phi) is 3.47. The van der Waals surface area contributed by atoms with Crippen LogP contribution in [0.25, 0.3) is 0 Å². The standard InChI is InChI=1S/C10H15N3O2/c14-10-1-2-11-9-13(10)4-3-12-5-7-15-8-6-12/h1-2,9H,3-8H2. The quantitative estimate of drug-likeness (QED) is 0.678. The van der Waals surface area contributed by atoms with Gasteiger partial charge in [0.2, 0.25) is 0 Å². The highest BCUT2D eigenvalue weighted by molar-refractivity contribution is 4.82. The highest BCUT2D eigenvalue weighted by atomic mass is 16.5. The molecule has 0 atom stereocenters. The van der Waals surface area contributed by atoms with Gasteiger partial charge < -0.3 is 4.74 Å². The van der Waals surface area contributed by atoms with Crippen molar-refractivity contribution in [2.75, 3.05) is 32.8 Å². The smallest absolute Gasteiger partial charge is 0.253 e. The minimum Gasteiger partial charge on any atom is -0.379 e. The molecular weight excluding hydrogens is 194 g/mol. The Labute approximate surface area is 88.3 Å². The van der Waals surface area contributed by atoms with Gasteiger partial charge in [0.1, 0.15) is 0 Å². The summed E-state index contributed by atoms with van der Waals surface area (Å²) in [6.45, 7) is 5.08. The fourth-order valence-corrected chi connectivity index (χ4v) is 1.62. The van der Waals surface area contributed by atoms with Crippen LogP contribution in [0.3, 0.4) is 0 Å². The predicted molar refractivity (Wildman–Crippen MR) is 55.8 cm³/mol. The van der Waals surface area contributed by atoms with Crippen molar-refractivity contribution in [2.24, 2.45) is 0 Å². The van der Waals surface area contributed by atoms with E-state index < -0.39 is 0 Å². The van der Waals surface area contributed by atoms with Gasteiger partial charge in [0.15, 0.2) is 0 Å². The lowest BCUT2D eigenvalue weighted by Gasteiger charge is -2.26. The zero-order valence-electron chi connectivity index (χ0n) is 8.63. The first-order chi connectivity index (χ1) is 7.36. The van der Waals surface area contributed by atoms with Crippen LogP contribution in [0.4, 0.5) is 0 Å². The van der Waals surface area contributed by atoms with E-state index in [2.05, 4.69) is 9.88 Å². The van der Waals surface area contributed by atoms with Gasteiger partial charge in [0, 0.05) is 38.4 Å². The summed E-state index contributed by atoms with van der Waals surface area (Å²) in [4.78, 5) is 17.6. The van der Waals surface area contributed by atoms with E-state index in [1.54, 1.807) is 10.9 Å². The van der Waals surface area contributed by atoms with Crippen molar-refractivity contribution in [1.29, 1.82) is 0 Å². The van der Waals surface area contributed by atoms with Gasteiger partial charge >= 0.3 is 0 Å². The third-order valence-electron chi connectivity index (χ3n) is 2.55. The maximum Gasteiger partial charge on any atom is 0.253 e. The van der Waals surface area contributed by atoms with Crippen LogP contribution in [0.2, 0.25) is 0 Å². The highest BCUT2D eigenvalue weighted by Crippen LogP contribution is 1.96. The summed E-state index contributed by atoms with van der Waals surface area (Å²) in [7, 11) is 0. The average molecular weight is 209 g/mol. The summed E-state index contributed by atoms with van der Waals surface area (Å²) in [5.74, 6) is 0. The zero-order valence-corrected chi connectivity index (χ0v) is 8.63. The molecule has 0 N–H and O–H groups in total. The fourth-order valence-electron chi connectivity index (χ4n) is 1.62. The molecule has 0 amide bonds. The third-order valence-corrected chi connectivity index (χ3v) is 2.55. The second-order valence-electron chi connectivity index (χ2n) is 3.57. The molecule has 1 fully saturated rings. The molecule has 0 saturated carbocycles. The minimum atomic E-state index is 0.0123. The zero-order chi connectivity index (χ0) is 10.5.